The van der Waals surface area contributed by atoms with Gasteiger partial charge in [-0.2, -0.15) is 10.4 Å². The summed E-state index contributed by atoms with van der Waals surface area (Å²) in [7, 11) is 0. The first kappa shape index (κ1) is 16.7. The van der Waals surface area contributed by atoms with E-state index in [1.165, 1.54) is 17.1 Å². The van der Waals surface area contributed by atoms with Crippen molar-refractivity contribution in [1.29, 1.82) is 5.26 Å². The summed E-state index contributed by atoms with van der Waals surface area (Å²) in [5, 5.41) is 17.2. The Morgan fingerprint density at radius 1 is 1.11 bits per heavy atom. The lowest BCUT2D eigenvalue weighted by atomic mass is 10.1. The van der Waals surface area contributed by atoms with Crippen LogP contribution in [0.3, 0.4) is 0 Å². The van der Waals surface area contributed by atoms with Crippen LogP contribution < -0.4 is 5.32 Å². The van der Waals surface area contributed by atoms with Crippen LogP contribution in [-0.2, 0) is 6.42 Å². The first-order valence-corrected chi connectivity index (χ1v) is 8.43. The van der Waals surface area contributed by atoms with Gasteiger partial charge in [-0.1, -0.05) is 24.3 Å². The molecule has 0 aliphatic heterocycles. The minimum Gasteiger partial charge on any atom is -0.369 e. The summed E-state index contributed by atoms with van der Waals surface area (Å²) in [5.74, 6) is 0.270. The molecule has 0 saturated heterocycles. The second-order valence-electron chi connectivity index (χ2n) is 5.96. The van der Waals surface area contributed by atoms with E-state index in [1.807, 2.05) is 18.2 Å². The number of nitrogens with one attached hydrogen (secondary N) is 1. The number of anilines is 1. The second kappa shape index (κ2) is 7.22. The zero-order valence-corrected chi connectivity index (χ0v) is 14.3. The fraction of sp³-hybridized carbons (Fsp3) is 0.100. The standard InChI is InChI=1S/C20H15FN6/c21-17-6-1-2-7-18(17)27-20-16(12-26-27)19(24-13-25-20)23-9-8-14-4-3-5-15(10-14)11-22/h1-7,10,12-13H,8-9H2,(H,23,24,25). The summed E-state index contributed by atoms with van der Waals surface area (Å²) in [6.45, 7) is 0.631. The van der Waals surface area contributed by atoms with Crippen molar-refractivity contribution in [3.05, 3.63) is 78.0 Å². The summed E-state index contributed by atoms with van der Waals surface area (Å²) in [5.41, 5.74) is 2.58. The predicted octanol–water partition coefficient (Wildman–Crippen LogP) is 3.48. The molecule has 2 aromatic carbocycles. The van der Waals surface area contributed by atoms with Gasteiger partial charge in [0.15, 0.2) is 5.65 Å². The van der Waals surface area contributed by atoms with Crippen LogP contribution in [0.5, 0.6) is 0 Å². The highest BCUT2D eigenvalue weighted by atomic mass is 19.1. The molecule has 0 aliphatic carbocycles. The summed E-state index contributed by atoms with van der Waals surface area (Å²) >= 11 is 0. The smallest absolute Gasteiger partial charge is 0.168 e. The molecule has 0 unspecified atom stereocenters. The van der Waals surface area contributed by atoms with E-state index in [0.717, 1.165) is 12.0 Å². The van der Waals surface area contributed by atoms with Gasteiger partial charge in [0.05, 0.1) is 23.2 Å². The van der Waals surface area contributed by atoms with Crippen LogP contribution in [-0.4, -0.2) is 26.3 Å². The molecule has 2 aromatic heterocycles. The Hall–Kier alpha value is -3.79. The van der Waals surface area contributed by atoms with E-state index in [4.69, 9.17) is 5.26 Å². The van der Waals surface area contributed by atoms with Gasteiger partial charge in [-0.25, -0.2) is 19.0 Å². The number of para-hydroxylation sites is 1. The Labute approximate surface area is 154 Å². The lowest BCUT2D eigenvalue weighted by Crippen LogP contribution is -2.07. The van der Waals surface area contributed by atoms with Crippen molar-refractivity contribution in [3.63, 3.8) is 0 Å². The third-order valence-corrected chi connectivity index (χ3v) is 4.21. The van der Waals surface area contributed by atoms with E-state index in [-0.39, 0.29) is 5.82 Å². The van der Waals surface area contributed by atoms with Gasteiger partial charge in [0.25, 0.3) is 0 Å². The van der Waals surface area contributed by atoms with Crippen LogP contribution in [0.4, 0.5) is 10.2 Å². The molecule has 0 bridgehead atoms. The summed E-state index contributed by atoms with van der Waals surface area (Å²) in [6, 6.07) is 16.1. The van der Waals surface area contributed by atoms with Crippen molar-refractivity contribution in [2.75, 3.05) is 11.9 Å². The Balaban J connectivity index is 1.56. The van der Waals surface area contributed by atoms with Crippen LogP contribution in [0.15, 0.2) is 61.1 Å². The zero-order chi connectivity index (χ0) is 18.6. The summed E-state index contributed by atoms with van der Waals surface area (Å²) in [4.78, 5) is 8.53. The molecular weight excluding hydrogens is 343 g/mol. The summed E-state index contributed by atoms with van der Waals surface area (Å²) < 4.78 is 15.6. The van der Waals surface area contributed by atoms with Crippen molar-refractivity contribution < 1.29 is 4.39 Å². The Morgan fingerprint density at radius 3 is 2.85 bits per heavy atom. The predicted molar refractivity (Wildman–Crippen MR) is 100.0 cm³/mol. The minimum absolute atomic E-state index is 0.338. The average Bonchev–Trinajstić information content (AvgIpc) is 3.13. The highest BCUT2D eigenvalue weighted by molar-refractivity contribution is 5.87. The molecule has 0 saturated carbocycles. The molecule has 0 atom stereocenters. The van der Waals surface area contributed by atoms with E-state index in [2.05, 4.69) is 26.5 Å². The highest BCUT2D eigenvalue weighted by Gasteiger charge is 2.13. The van der Waals surface area contributed by atoms with Gasteiger partial charge in [-0.05, 0) is 36.2 Å². The second-order valence-corrected chi connectivity index (χ2v) is 5.96. The van der Waals surface area contributed by atoms with Crippen molar-refractivity contribution in [2.45, 2.75) is 6.42 Å². The van der Waals surface area contributed by atoms with Crippen LogP contribution >= 0.6 is 0 Å². The lowest BCUT2D eigenvalue weighted by Gasteiger charge is -2.07. The molecule has 0 radical (unpaired) electrons. The highest BCUT2D eigenvalue weighted by Crippen LogP contribution is 2.22. The van der Waals surface area contributed by atoms with E-state index >= 15 is 0 Å². The maximum atomic E-state index is 14.1. The molecular formula is C20H15FN6. The fourth-order valence-corrected chi connectivity index (χ4v) is 2.91. The maximum Gasteiger partial charge on any atom is 0.168 e. The Kier molecular flexibility index (Phi) is 4.45. The quantitative estimate of drug-likeness (QED) is 0.591. The van der Waals surface area contributed by atoms with Crippen LogP contribution in [0, 0.1) is 17.1 Å². The molecule has 0 fully saturated rings. The number of nitrogens with zero attached hydrogens (tertiary/aromatic N) is 5. The maximum absolute atomic E-state index is 14.1. The van der Waals surface area contributed by atoms with E-state index < -0.39 is 0 Å². The number of hydrogen-bond donors (Lipinski definition) is 1. The minimum atomic E-state index is -0.368. The van der Waals surface area contributed by atoms with E-state index in [9.17, 15) is 4.39 Å². The number of rotatable bonds is 5. The van der Waals surface area contributed by atoms with Crippen molar-refractivity contribution in [2.24, 2.45) is 0 Å². The van der Waals surface area contributed by atoms with Crippen molar-refractivity contribution in [1.82, 2.24) is 19.7 Å². The lowest BCUT2D eigenvalue weighted by molar-refractivity contribution is 0.612. The first-order valence-electron chi connectivity index (χ1n) is 8.43. The van der Waals surface area contributed by atoms with Gasteiger partial charge in [0, 0.05) is 6.54 Å². The topological polar surface area (TPSA) is 79.4 Å². The molecule has 2 heterocycles. The normalized spacial score (nSPS) is 10.7. The molecule has 0 aliphatic rings. The van der Waals surface area contributed by atoms with Gasteiger partial charge in [-0.3, -0.25) is 0 Å². The third-order valence-electron chi connectivity index (χ3n) is 4.21. The molecule has 4 aromatic rings. The van der Waals surface area contributed by atoms with Crippen LogP contribution in [0.1, 0.15) is 11.1 Å². The molecule has 4 rings (SSSR count). The molecule has 1 N–H and O–H groups in total. The largest absolute Gasteiger partial charge is 0.369 e. The van der Waals surface area contributed by atoms with Gasteiger partial charge < -0.3 is 5.32 Å². The van der Waals surface area contributed by atoms with Crippen molar-refractivity contribution in [3.8, 4) is 11.8 Å². The van der Waals surface area contributed by atoms with Gasteiger partial charge in [0.2, 0.25) is 0 Å². The molecule has 132 valence electrons. The van der Waals surface area contributed by atoms with Gasteiger partial charge in [-0.15, -0.1) is 0 Å². The number of aromatic nitrogens is 4. The first-order chi connectivity index (χ1) is 13.3. The van der Waals surface area contributed by atoms with Gasteiger partial charge in [0.1, 0.15) is 23.6 Å². The van der Waals surface area contributed by atoms with E-state index in [1.54, 1.807) is 30.5 Å². The Bertz CT molecular complexity index is 1140. The Morgan fingerprint density at radius 2 is 2.00 bits per heavy atom. The molecule has 6 nitrogen and oxygen atoms in total. The monoisotopic (exact) mass is 358 g/mol. The SMILES string of the molecule is N#Cc1cccc(CCNc2ncnc3c2cnn3-c2ccccc2F)c1. The number of hydrogen-bond acceptors (Lipinski definition) is 5. The third kappa shape index (κ3) is 3.33. The van der Waals surface area contributed by atoms with Crippen LogP contribution in [0.2, 0.25) is 0 Å². The number of benzene rings is 2. The molecule has 0 amide bonds. The summed E-state index contributed by atoms with van der Waals surface area (Å²) in [6.07, 6.45) is 3.79. The molecule has 0 spiro atoms. The fourth-order valence-electron chi connectivity index (χ4n) is 2.91. The van der Waals surface area contributed by atoms with Crippen LogP contribution in [0.25, 0.3) is 16.7 Å². The zero-order valence-electron chi connectivity index (χ0n) is 14.3. The van der Waals surface area contributed by atoms with Crippen molar-refractivity contribution >= 4 is 16.9 Å². The van der Waals surface area contributed by atoms with E-state index in [0.29, 0.717) is 34.6 Å². The average molecular weight is 358 g/mol. The molecule has 27 heavy (non-hydrogen) atoms. The van der Waals surface area contributed by atoms with Gasteiger partial charge >= 0.3 is 0 Å². The number of halogens is 1. The number of nitriles is 1. The number of fused-ring (bicyclic) bond motifs is 1. The molecule has 7 heteroatoms.